The molecule has 0 saturated carbocycles. The molecule has 0 aromatic carbocycles. The molecular formula is C13H16N4O. The van der Waals surface area contributed by atoms with Gasteiger partial charge in [-0.25, -0.2) is 9.97 Å². The molecule has 5 heteroatoms. The summed E-state index contributed by atoms with van der Waals surface area (Å²) in [6.45, 7) is 3.94. The molecule has 0 bridgehead atoms. The lowest BCUT2D eigenvalue weighted by Crippen LogP contribution is -2.14. The standard InChI is InChI=1S/C13H16N4O/c1-9(2)18-11-5-10(6-16-7-11)13(14)12-3-4-15-8-17-12/h3-9,13H,14H2,1-2H3. The Morgan fingerprint density at radius 2 is 2.06 bits per heavy atom. The molecule has 2 rings (SSSR count). The molecule has 0 amide bonds. The second kappa shape index (κ2) is 5.55. The largest absolute Gasteiger partial charge is 0.489 e. The number of hydrogen-bond donors (Lipinski definition) is 1. The Kier molecular flexibility index (Phi) is 3.84. The van der Waals surface area contributed by atoms with Gasteiger partial charge >= 0.3 is 0 Å². The predicted molar refractivity (Wildman–Crippen MR) is 68.1 cm³/mol. The van der Waals surface area contributed by atoms with E-state index >= 15 is 0 Å². The number of ether oxygens (including phenoxy) is 1. The maximum atomic E-state index is 6.13. The van der Waals surface area contributed by atoms with Crippen LogP contribution >= 0.6 is 0 Å². The van der Waals surface area contributed by atoms with Gasteiger partial charge in [0.1, 0.15) is 12.1 Å². The Hall–Kier alpha value is -2.01. The van der Waals surface area contributed by atoms with Crippen molar-refractivity contribution >= 4 is 0 Å². The summed E-state index contributed by atoms with van der Waals surface area (Å²) >= 11 is 0. The minimum atomic E-state index is -0.323. The van der Waals surface area contributed by atoms with Gasteiger partial charge in [0, 0.05) is 12.4 Å². The third-order valence-corrected chi connectivity index (χ3v) is 2.39. The molecule has 2 heterocycles. The summed E-state index contributed by atoms with van der Waals surface area (Å²) in [5.41, 5.74) is 7.76. The molecule has 2 aromatic rings. The molecule has 2 aromatic heterocycles. The summed E-state index contributed by atoms with van der Waals surface area (Å²) in [6.07, 6.45) is 6.66. The summed E-state index contributed by atoms with van der Waals surface area (Å²) in [5.74, 6) is 0.715. The molecule has 5 nitrogen and oxygen atoms in total. The minimum Gasteiger partial charge on any atom is -0.489 e. The first-order valence-corrected chi connectivity index (χ1v) is 5.80. The van der Waals surface area contributed by atoms with Crippen molar-refractivity contribution in [2.75, 3.05) is 0 Å². The van der Waals surface area contributed by atoms with E-state index in [1.165, 1.54) is 6.33 Å². The number of pyridine rings is 1. The summed E-state index contributed by atoms with van der Waals surface area (Å²) < 4.78 is 5.59. The summed E-state index contributed by atoms with van der Waals surface area (Å²) in [4.78, 5) is 12.1. The fourth-order valence-corrected chi connectivity index (χ4v) is 1.60. The van der Waals surface area contributed by atoms with Gasteiger partial charge in [-0.15, -0.1) is 0 Å². The fourth-order valence-electron chi connectivity index (χ4n) is 1.60. The maximum absolute atomic E-state index is 6.13. The molecular weight excluding hydrogens is 228 g/mol. The second-order valence-corrected chi connectivity index (χ2v) is 4.23. The van der Waals surface area contributed by atoms with Crippen molar-refractivity contribution in [2.45, 2.75) is 26.0 Å². The van der Waals surface area contributed by atoms with Gasteiger partial charge in [-0.05, 0) is 31.5 Å². The van der Waals surface area contributed by atoms with Crippen molar-refractivity contribution in [1.29, 1.82) is 0 Å². The Balaban J connectivity index is 2.23. The van der Waals surface area contributed by atoms with Gasteiger partial charge in [-0.1, -0.05) is 0 Å². The zero-order chi connectivity index (χ0) is 13.0. The molecule has 2 N–H and O–H groups in total. The van der Waals surface area contributed by atoms with E-state index in [-0.39, 0.29) is 12.1 Å². The van der Waals surface area contributed by atoms with E-state index in [0.717, 1.165) is 11.3 Å². The van der Waals surface area contributed by atoms with E-state index in [2.05, 4.69) is 15.0 Å². The van der Waals surface area contributed by atoms with Crippen molar-refractivity contribution in [3.05, 3.63) is 48.3 Å². The van der Waals surface area contributed by atoms with Crippen LogP contribution in [0.1, 0.15) is 31.1 Å². The number of rotatable bonds is 4. The van der Waals surface area contributed by atoms with Gasteiger partial charge in [0.15, 0.2) is 0 Å². The van der Waals surface area contributed by atoms with Gasteiger partial charge in [0.05, 0.1) is 24.0 Å². The smallest absolute Gasteiger partial charge is 0.138 e. The zero-order valence-corrected chi connectivity index (χ0v) is 10.4. The van der Waals surface area contributed by atoms with Crippen LogP contribution in [0.25, 0.3) is 0 Å². The zero-order valence-electron chi connectivity index (χ0n) is 10.4. The van der Waals surface area contributed by atoms with E-state index in [0.29, 0.717) is 5.75 Å². The molecule has 0 fully saturated rings. The summed E-state index contributed by atoms with van der Waals surface area (Å²) in [6, 6.07) is 3.36. The van der Waals surface area contributed by atoms with Crippen LogP contribution in [0.3, 0.4) is 0 Å². The molecule has 0 spiro atoms. The lowest BCUT2D eigenvalue weighted by Gasteiger charge is -2.14. The van der Waals surface area contributed by atoms with Gasteiger partial charge in [-0.3, -0.25) is 4.98 Å². The lowest BCUT2D eigenvalue weighted by molar-refractivity contribution is 0.241. The quantitative estimate of drug-likeness (QED) is 0.886. The van der Waals surface area contributed by atoms with E-state index in [4.69, 9.17) is 10.5 Å². The van der Waals surface area contributed by atoms with Crippen LogP contribution in [0.5, 0.6) is 5.75 Å². The Bertz CT molecular complexity index is 501. The number of nitrogens with two attached hydrogens (primary N) is 1. The average molecular weight is 244 g/mol. The number of hydrogen-bond acceptors (Lipinski definition) is 5. The molecule has 94 valence electrons. The van der Waals surface area contributed by atoms with Gasteiger partial charge < -0.3 is 10.5 Å². The van der Waals surface area contributed by atoms with Gasteiger partial charge in [0.2, 0.25) is 0 Å². The van der Waals surface area contributed by atoms with E-state index in [1.54, 1.807) is 24.7 Å². The Labute approximate surface area is 106 Å². The van der Waals surface area contributed by atoms with Crippen molar-refractivity contribution in [1.82, 2.24) is 15.0 Å². The maximum Gasteiger partial charge on any atom is 0.138 e. The molecule has 0 aliphatic carbocycles. The van der Waals surface area contributed by atoms with Crippen LogP contribution in [-0.4, -0.2) is 21.1 Å². The van der Waals surface area contributed by atoms with E-state index < -0.39 is 0 Å². The van der Waals surface area contributed by atoms with Crippen molar-refractivity contribution < 1.29 is 4.74 Å². The third kappa shape index (κ3) is 3.01. The predicted octanol–water partition coefficient (Wildman–Crippen LogP) is 1.71. The fraction of sp³-hybridized carbons (Fsp3) is 0.308. The highest BCUT2D eigenvalue weighted by atomic mass is 16.5. The monoisotopic (exact) mass is 244 g/mol. The summed E-state index contributed by atoms with van der Waals surface area (Å²) in [5, 5.41) is 0. The number of aromatic nitrogens is 3. The first-order chi connectivity index (χ1) is 8.66. The molecule has 0 aliphatic heterocycles. The normalized spacial score (nSPS) is 12.4. The van der Waals surface area contributed by atoms with Crippen LogP contribution < -0.4 is 10.5 Å². The van der Waals surface area contributed by atoms with Crippen LogP contribution in [0.4, 0.5) is 0 Å². The van der Waals surface area contributed by atoms with Crippen LogP contribution in [0, 0.1) is 0 Å². The molecule has 0 saturated heterocycles. The van der Waals surface area contributed by atoms with Gasteiger partial charge in [-0.2, -0.15) is 0 Å². The van der Waals surface area contributed by atoms with Crippen LogP contribution in [0.2, 0.25) is 0 Å². The highest BCUT2D eigenvalue weighted by molar-refractivity contribution is 5.30. The first-order valence-electron chi connectivity index (χ1n) is 5.80. The first kappa shape index (κ1) is 12.4. The minimum absolute atomic E-state index is 0.109. The Morgan fingerprint density at radius 3 is 2.72 bits per heavy atom. The highest BCUT2D eigenvalue weighted by Gasteiger charge is 2.11. The molecule has 1 atom stereocenters. The lowest BCUT2D eigenvalue weighted by atomic mass is 10.1. The van der Waals surface area contributed by atoms with Crippen LogP contribution in [-0.2, 0) is 0 Å². The SMILES string of the molecule is CC(C)Oc1cncc(C(N)c2ccncn2)c1. The summed E-state index contributed by atoms with van der Waals surface area (Å²) in [7, 11) is 0. The van der Waals surface area contributed by atoms with Crippen LogP contribution in [0.15, 0.2) is 37.1 Å². The molecule has 18 heavy (non-hydrogen) atoms. The molecule has 0 aliphatic rings. The van der Waals surface area contributed by atoms with Gasteiger partial charge in [0.25, 0.3) is 0 Å². The van der Waals surface area contributed by atoms with E-state index in [1.807, 2.05) is 19.9 Å². The van der Waals surface area contributed by atoms with Crippen molar-refractivity contribution in [2.24, 2.45) is 5.73 Å². The highest BCUT2D eigenvalue weighted by Crippen LogP contribution is 2.21. The van der Waals surface area contributed by atoms with Crippen molar-refractivity contribution in [3.8, 4) is 5.75 Å². The number of nitrogens with zero attached hydrogens (tertiary/aromatic N) is 3. The molecule has 0 radical (unpaired) electrons. The Morgan fingerprint density at radius 1 is 1.22 bits per heavy atom. The second-order valence-electron chi connectivity index (χ2n) is 4.23. The topological polar surface area (TPSA) is 73.9 Å². The molecule has 1 unspecified atom stereocenters. The van der Waals surface area contributed by atoms with E-state index in [9.17, 15) is 0 Å². The van der Waals surface area contributed by atoms with Crippen molar-refractivity contribution in [3.63, 3.8) is 0 Å². The third-order valence-electron chi connectivity index (χ3n) is 2.39. The average Bonchev–Trinajstić information content (AvgIpc) is 2.38.